The molecule has 0 radical (unpaired) electrons. The average Bonchev–Trinajstić information content (AvgIpc) is 3.21. The van der Waals surface area contributed by atoms with Crippen LogP contribution in [0.1, 0.15) is 33.1 Å². The quantitative estimate of drug-likeness (QED) is 0.331. The van der Waals surface area contributed by atoms with Crippen LogP contribution in [0.5, 0.6) is 0 Å². The molecule has 0 aliphatic carbocycles. The molecule has 0 spiro atoms. The van der Waals surface area contributed by atoms with E-state index in [0.717, 1.165) is 47.2 Å². The molecule has 0 atom stereocenters. The van der Waals surface area contributed by atoms with Crippen molar-refractivity contribution in [2.45, 2.75) is 33.1 Å². The summed E-state index contributed by atoms with van der Waals surface area (Å²) in [6, 6.07) is 18.1. The van der Waals surface area contributed by atoms with E-state index in [1.54, 1.807) is 0 Å². The van der Waals surface area contributed by atoms with Crippen LogP contribution in [-0.2, 0) is 0 Å². The predicted molar refractivity (Wildman–Crippen MR) is 125 cm³/mol. The lowest BCUT2D eigenvalue weighted by molar-refractivity contribution is 0.274. The average molecular weight is 403 g/mol. The van der Waals surface area contributed by atoms with E-state index in [1.807, 2.05) is 48.5 Å². The van der Waals surface area contributed by atoms with Gasteiger partial charge < -0.3 is 14.6 Å². The molecule has 30 heavy (non-hydrogen) atoms. The third kappa shape index (κ3) is 4.62. The number of para-hydroxylation sites is 2. The predicted octanol–water partition coefficient (Wildman–Crippen LogP) is 5.97. The molecule has 0 unspecified atom stereocenters. The van der Waals surface area contributed by atoms with Gasteiger partial charge in [-0.2, -0.15) is 0 Å². The molecule has 4 aromatic rings. The van der Waals surface area contributed by atoms with Crippen molar-refractivity contribution in [3.8, 4) is 11.6 Å². The molecule has 0 aliphatic heterocycles. The molecule has 0 fully saturated rings. The number of fused-ring (bicyclic) bond motifs is 2. The van der Waals surface area contributed by atoms with Crippen LogP contribution in [0.15, 0.2) is 59.0 Å². The summed E-state index contributed by atoms with van der Waals surface area (Å²) in [6.45, 7) is 8.81. The standard InChI is InChI=1S/C25H30N4O/c1-3-15-29(16-4-2)17-9-14-26-24-20-11-6-7-12-21(20)27-25(28-24)23-18-19-10-5-8-13-22(19)30-23/h5-8,10-13,18H,3-4,9,14-17H2,1-2H3,(H,26,27,28). The number of hydrogen-bond acceptors (Lipinski definition) is 5. The highest BCUT2D eigenvalue weighted by atomic mass is 16.3. The first-order valence-electron chi connectivity index (χ1n) is 11.0. The van der Waals surface area contributed by atoms with Gasteiger partial charge in [0.15, 0.2) is 11.6 Å². The van der Waals surface area contributed by atoms with Crippen LogP contribution in [0.25, 0.3) is 33.5 Å². The fourth-order valence-electron chi connectivity index (χ4n) is 3.89. The van der Waals surface area contributed by atoms with Gasteiger partial charge >= 0.3 is 0 Å². The molecule has 0 saturated heterocycles. The Morgan fingerprint density at radius 3 is 2.47 bits per heavy atom. The fourth-order valence-corrected chi connectivity index (χ4v) is 3.89. The lowest BCUT2D eigenvalue weighted by atomic mass is 10.2. The van der Waals surface area contributed by atoms with Crippen molar-refractivity contribution in [1.29, 1.82) is 0 Å². The summed E-state index contributed by atoms with van der Waals surface area (Å²) in [5, 5.41) is 5.65. The second-order valence-electron chi connectivity index (χ2n) is 7.68. The van der Waals surface area contributed by atoms with E-state index in [4.69, 9.17) is 14.4 Å². The van der Waals surface area contributed by atoms with Crippen molar-refractivity contribution >= 4 is 27.7 Å². The number of anilines is 1. The van der Waals surface area contributed by atoms with Crippen LogP contribution in [0.3, 0.4) is 0 Å². The maximum atomic E-state index is 6.01. The first-order valence-corrected chi connectivity index (χ1v) is 11.0. The molecule has 1 N–H and O–H groups in total. The first kappa shape index (κ1) is 20.4. The number of rotatable bonds is 10. The Balaban J connectivity index is 1.55. The van der Waals surface area contributed by atoms with E-state index in [2.05, 4.69) is 30.1 Å². The van der Waals surface area contributed by atoms with Crippen LogP contribution in [0, 0.1) is 0 Å². The SMILES string of the molecule is CCCN(CCC)CCCNc1nc(-c2cc3ccccc3o2)nc2ccccc12. The lowest BCUT2D eigenvalue weighted by Gasteiger charge is -2.21. The Kier molecular flexibility index (Phi) is 6.60. The van der Waals surface area contributed by atoms with Crippen molar-refractivity contribution in [2.75, 3.05) is 31.5 Å². The summed E-state index contributed by atoms with van der Waals surface area (Å²) >= 11 is 0. The van der Waals surface area contributed by atoms with Crippen molar-refractivity contribution in [3.05, 3.63) is 54.6 Å². The summed E-state index contributed by atoms with van der Waals surface area (Å²) in [5.74, 6) is 2.18. The number of aromatic nitrogens is 2. The highest BCUT2D eigenvalue weighted by Gasteiger charge is 2.13. The van der Waals surface area contributed by atoms with Gasteiger partial charge in [-0.1, -0.05) is 44.2 Å². The second kappa shape index (κ2) is 9.72. The first-order chi connectivity index (χ1) is 14.8. The van der Waals surface area contributed by atoms with E-state index in [-0.39, 0.29) is 0 Å². The van der Waals surface area contributed by atoms with E-state index in [1.165, 1.54) is 25.9 Å². The van der Waals surface area contributed by atoms with Gasteiger partial charge in [0, 0.05) is 17.3 Å². The van der Waals surface area contributed by atoms with E-state index in [0.29, 0.717) is 11.6 Å². The topological polar surface area (TPSA) is 54.2 Å². The Bertz CT molecular complexity index is 1070. The minimum absolute atomic E-state index is 0.617. The number of hydrogen-bond donors (Lipinski definition) is 1. The van der Waals surface area contributed by atoms with Gasteiger partial charge in [0.25, 0.3) is 0 Å². The monoisotopic (exact) mass is 402 g/mol. The zero-order valence-corrected chi connectivity index (χ0v) is 17.9. The summed E-state index contributed by atoms with van der Waals surface area (Å²) in [4.78, 5) is 12.1. The molecule has 156 valence electrons. The van der Waals surface area contributed by atoms with Crippen LogP contribution >= 0.6 is 0 Å². The largest absolute Gasteiger partial charge is 0.453 e. The minimum Gasteiger partial charge on any atom is -0.453 e. The third-order valence-electron chi connectivity index (χ3n) is 5.27. The molecule has 0 amide bonds. The van der Waals surface area contributed by atoms with E-state index >= 15 is 0 Å². The normalized spacial score (nSPS) is 11.6. The maximum Gasteiger partial charge on any atom is 0.198 e. The van der Waals surface area contributed by atoms with Crippen LogP contribution < -0.4 is 5.32 Å². The number of furan rings is 1. The lowest BCUT2D eigenvalue weighted by Crippen LogP contribution is -2.27. The van der Waals surface area contributed by atoms with Gasteiger partial charge in [-0.15, -0.1) is 0 Å². The summed E-state index contributed by atoms with van der Waals surface area (Å²) in [7, 11) is 0. The number of nitrogens with one attached hydrogen (secondary N) is 1. The van der Waals surface area contributed by atoms with Gasteiger partial charge in [-0.3, -0.25) is 0 Å². The molecule has 5 heteroatoms. The molecule has 4 rings (SSSR count). The van der Waals surface area contributed by atoms with Crippen molar-refractivity contribution in [3.63, 3.8) is 0 Å². The van der Waals surface area contributed by atoms with Gasteiger partial charge in [0.2, 0.25) is 0 Å². The highest BCUT2D eigenvalue weighted by Crippen LogP contribution is 2.29. The van der Waals surface area contributed by atoms with Crippen LogP contribution in [0.2, 0.25) is 0 Å². The molecule has 0 saturated carbocycles. The minimum atomic E-state index is 0.617. The Morgan fingerprint density at radius 2 is 1.67 bits per heavy atom. The number of nitrogens with zero attached hydrogens (tertiary/aromatic N) is 3. The summed E-state index contributed by atoms with van der Waals surface area (Å²) in [6.07, 6.45) is 3.48. The van der Waals surface area contributed by atoms with Crippen molar-refractivity contribution in [1.82, 2.24) is 14.9 Å². The maximum absolute atomic E-state index is 6.01. The molecule has 2 aromatic carbocycles. The molecule has 5 nitrogen and oxygen atoms in total. The summed E-state index contributed by atoms with van der Waals surface area (Å²) < 4.78 is 6.01. The fraction of sp³-hybridized carbons (Fsp3) is 0.360. The van der Waals surface area contributed by atoms with Gasteiger partial charge in [-0.25, -0.2) is 9.97 Å². The Morgan fingerprint density at radius 1 is 0.900 bits per heavy atom. The van der Waals surface area contributed by atoms with E-state index < -0.39 is 0 Å². The molecular weight excluding hydrogens is 372 g/mol. The van der Waals surface area contributed by atoms with Crippen LogP contribution in [-0.4, -0.2) is 41.0 Å². The van der Waals surface area contributed by atoms with E-state index in [9.17, 15) is 0 Å². The van der Waals surface area contributed by atoms with Gasteiger partial charge in [-0.05, 0) is 63.2 Å². The Hall–Kier alpha value is -2.92. The summed E-state index contributed by atoms with van der Waals surface area (Å²) in [5.41, 5.74) is 1.77. The van der Waals surface area contributed by atoms with Crippen molar-refractivity contribution in [2.24, 2.45) is 0 Å². The zero-order chi connectivity index (χ0) is 20.8. The van der Waals surface area contributed by atoms with Gasteiger partial charge in [0.1, 0.15) is 11.4 Å². The third-order valence-corrected chi connectivity index (χ3v) is 5.27. The van der Waals surface area contributed by atoms with Gasteiger partial charge in [0.05, 0.1) is 5.52 Å². The molecule has 0 bridgehead atoms. The molecular formula is C25H30N4O. The van der Waals surface area contributed by atoms with Crippen LogP contribution in [0.4, 0.5) is 5.82 Å². The smallest absolute Gasteiger partial charge is 0.198 e. The molecule has 2 aromatic heterocycles. The second-order valence-corrected chi connectivity index (χ2v) is 7.68. The molecule has 0 aliphatic rings. The van der Waals surface area contributed by atoms with Crippen molar-refractivity contribution < 1.29 is 4.42 Å². The Labute approximate surface area is 178 Å². The highest BCUT2D eigenvalue weighted by molar-refractivity contribution is 5.91. The molecule has 2 heterocycles. The zero-order valence-electron chi connectivity index (χ0n) is 17.9. The number of benzene rings is 2.